The first-order chi connectivity index (χ1) is 6.55. The minimum atomic E-state index is 0.223. The summed E-state index contributed by atoms with van der Waals surface area (Å²) in [6.45, 7) is 6.67. The van der Waals surface area contributed by atoms with Crippen LogP contribution in [0.25, 0.3) is 0 Å². The van der Waals surface area contributed by atoms with Crippen molar-refractivity contribution in [2.45, 2.75) is 46.1 Å². The Bertz CT molecular complexity index is 183. The molecule has 0 aromatic carbocycles. The Morgan fingerprint density at radius 1 is 1.43 bits per heavy atom. The average molecular weight is 198 g/mol. The SMILES string of the molecule is CCC(C)(C)CC(C/C=C/C=O)OC. The molecule has 0 amide bonds. The van der Waals surface area contributed by atoms with Crippen LogP contribution in [0.4, 0.5) is 0 Å². The fraction of sp³-hybridized carbons (Fsp3) is 0.750. The number of methoxy groups -OCH3 is 1. The van der Waals surface area contributed by atoms with Crippen molar-refractivity contribution in [3.05, 3.63) is 12.2 Å². The van der Waals surface area contributed by atoms with Gasteiger partial charge in [-0.05, 0) is 24.3 Å². The molecule has 0 aliphatic carbocycles. The third-order valence-corrected chi connectivity index (χ3v) is 2.68. The molecule has 0 heterocycles. The van der Waals surface area contributed by atoms with E-state index in [1.54, 1.807) is 7.11 Å². The zero-order chi connectivity index (χ0) is 11.0. The van der Waals surface area contributed by atoms with Gasteiger partial charge >= 0.3 is 0 Å². The number of ether oxygens (including phenoxy) is 1. The zero-order valence-electron chi connectivity index (χ0n) is 9.75. The van der Waals surface area contributed by atoms with Gasteiger partial charge in [-0.1, -0.05) is 33.3 Å². The summed E-state index contributed by atoms with van der Waals surface area (Å²) in [7, 11) is 1.73. The van der Waals surface area contributed by atoms with E-state index in [0.29, 0.717) is 5.41 Å². The largest absolute Gasteiger partial charge is 0.381 e. The Morgan fingerprint density at radius 2 is 2.07 bits per heavy atom. The van der Waals surface area contributed by atoms with E-state index in [-0.39, 0.29) is 6.10 Å². The molecule has 1 unspecified atom stereocenters. The lowest BCUT2D eigenvalue weighted by molar-refractivity contribution is -0.104. The summed E-state index contributed by atoms with van der Waals surface area (Å²) in [5.74, 6) is 0. The molecule has 0 saturated heterocycles. The third-order valence-electron chi connectivity index (χ3n) is 2.68. The summed E-state index contributed by atoms with van der Waals surface area (Å²) in [6.07, 6.45) is 7.42. The minimum absolute atomic E-state index is 0.223. The van der Waals surface area contributed by atoms with Crippen molar-refractivity contribution in [1.82, 2.24) is 0 Å². The zero-order valence-corrected chi connectivity index (χ0v) is 9.75. The van der Waals surface area contributed by atoms with Crippen LogP contribution in [-0.4, -0.2) is 19.5 Å². The standard InChI is InChI=1S/C12H22O2/c1-5-12(2,3)10-11(14-4)8-6-7-9-13/h6-7,9,11H,5,8,10H2,1-4H3/b7-6+. The number of carbonyl (C=O) groups is 1. The van der Waals surface area contributed by atoms with E-state index in [9.17, 15) is 4.79 Å². The fourth-order valence-corrected chi connectivity index (χ4v) is 1.31. The van der Waals surface area contributed by atoms with Crippen LogP contribution in [0.3, 0.4) is 0 Å². The van der Waals surface area contributed by atoms with Gasteiger partial charge in [-0.15, -0.1) is 0 Å². The molecule has 2 heteroatoms. The Labute approximate surface area is 87.3 Å². The van der Waals surface area contributed by atoms with Crippen LogP contribution in [0.5, 0.6) is 0 Å². The number of hydrogen-bond acceptors (Lipinski definition) is 2. The molecule has 82 valence electrons. The smallest absolute Gasteiger partial charge is 0.142 e. The summed E-state index contributed by atoms with van der Waals surface area (Å²) in [5, 5.41) is 0. The van der Waals surface area contributed by atoms with E-state index >= 15 is 0 Å². The Hall–Kier alpha value is -0.630. The highest BCUT2D eigenvalue weighted by Gasteiger charge is 2.20. The van der Waals surface area contributed by atoms with Gasteiger partial charge < -0.3 is 4.74 Å². The van der Waals surface area contributed by atoms with Gasteiger partial charge in [0.05, 0.1) is 6.10 Å². The van der Waals surface area contributed by atoms with Gasteiger partial charge in [0.1, 0.15) is 6.29 Å². The summed E-state index contributed by atoms with van der Waals surface area (Å²) in [6, 6.07) is 0. The molecule has 0 spiro atoms. The Kier molecular flexibility index (Phi) is 6.46. The second-order valence-electron chi connectivity index (χ2n) is 4.38. The molecule has 14 heavy (non-hydrogen) atoms. The van der Waals surface area contributed by atoms with Gasteiger partial charge in [0, 0.05) is 7.11 Å². The number of carbonyl (C=O) groups excluding carboxylic acids is 1. The van der Waals surface area contributed by atoms with Gasteiger partial charge in [0.25, 0.3) is 0 Å². The van der Waals surface area contributed by atoms with Crippen molar-refractivity contribution in [1.29, 1.82) is 0 Å². The molecule has 0 radical (unpaired) electrons. The second kappa shape index (κ2) is 6.77. The number of allylic oxidation sites excluding steroid dienone is 1. The van der Waals surface area contributed by atoms with Gasteiger partial charge in [-0.3, -0.25) is 4.79 Å². The quantitative estimate of drug-likeness (QED) is 0.464. The Morgan fingerprint density at radius 3 is 2.50 bits per heavy atom. The van der Waals surface area contributed by atoms with Crippen LogP contribution < -0.4 is 0 Å². The molecule has 0 saturated carbocycles. The highest BCUT2D eigenvalue weighted by atomic mass is 16.5. The average Bonchev–Trinajstić information content (AvgIpc) is 2.16. The molecule has 1 atom stereocenters. The van der Waals surface area contributed by atoms with Crippen LogP contribution >= 0.6 is 0 Å². The van der Waals surface area contributed by atoms with E-state index in [0.717, 1.165) is 25.5 Å². The van der Waals surface area contributed by atoms with Crippen LogP contribution in [0.1, 0.15) is 40.0 Å². The van der Waals surface area contributed by atoms with Crippen LogP contribution in [0, 0.1) is 5.41 Å². The summed E-state index contributed by atoms with van der Waals surface area (Å²) < 4.78 is 5.37. The number of hydrogen-bond donors (Lipinski definition) is 0. The number of aldehydes is 1. The van der Waals surface area contributed by atoms with Crippen molar-refractivity contribution in [3.63, 3.8) is 0 Å². The number of rotatable bonds is 7. The second-order valence-corrected chi connectivity index (χ2v) is 4.38. The van der Waals surface area contributed by atoms with Gasteiger partial charge in [0.2, 0.25) is 0 Å². The van der Waals surface area contributed by atoms with Crippen molar-refractivity contribution < 1.29 is 9.53 Å². The molecule has 0 aliphatic heterocycles. The van der Waals surface area contributed by atoms with Crippen LogP contribution in [-0.2, 0) is 9.53 Å². The first-order valence-corrected chi connectivity index (χ1v) is 5.19. The molecule has 0 rings (SSSR count). The molecular formula is C12H22O2. The fourth-order valence-electron chi connectivity index (χ4n) is 1.31. The van der Waals surface area contributed by atoms with Crippen molar-refractivity contribution in [2.75, 3.05) is 7.11 Å². The maximum atomic E-state index is 10.1. The molecule has 0 fully saturated rings. The Balaban J connectivity index is 4.02. The first kappa shape index (κ1) is 13.4. The van der Waals surface area contributed by atoms with Crippen molar-refractivity contribution in [3.8, 4) is 0 Å². The van der Waals surface area contributed by atoms with E-state index in [2.05, 4.69) is 20.8 Å². The monoisotopic (exact) mass is 198 g/mol. The predicted octanol–water partition coefficient (Wildman–Crippen LogP) is 2.97. The molecular weight excluding hydrogens is 176 g/mol. The molecule has 2 nitrogen and oxygen atoms in total. The normalized spacial score (nSPS) is 14.6. The maximum absolute atomic E-state index is 10.1. The van der Waals surface area contributed by atoms with E-state index in [1.807, 2.05) is 6.08 Å². The van der Waals surface area contributed by atoms with Crippen LogP contribution in [0.15, 0.2) is 12.2 Å². The van der Waals surface area contributed by atoms with Crippen molar-refractivity contribution in [2.24, 2.45) is 5.41 Å². The van der Waals surface area contributed by atoms with E-state index in [4.69, 9.17) is 4.74 Å². The lowest BCUT2D eigenvalue weighted by Gasteiger charge is -2.27. The molecule has 0 aromatic rings. The lowest BCUT2D eigenvalue weighted by atomic mass is 9.83. The summed E-state index contributed by atoms with van der Waals surface area (Å²) in [5.41, 5.74) is 0.315. The van der Waals surface area contributed by atoms with Gasteiger partial charge in [-0.2, -0.15) is 0 Å². The van der Waals surface area contributed by atoms with E-state index in [1.165, 1.54) is 6.08 Å². The molecule has 0 aliphatic rings. The maximum Gasteiger partial charge on any atom is 0.142 e. The van der Waals surface area contributed by atoms with Gasteiger partial charge in [-0.25, -0.2) is 0 Å². The third kappa shape index (κ3) is 5.92. The molecule has 0 bridgehead atoms. The van der Waals surface area contributed by atoms with Gasteiger partial charge in [0.15, 0.2) is 0 Å². The summed E-state index contributed by atoms with van der Waals surface area (Å²) in [4.78, 5) is 10.1. The van der Waals surface area contributed by atoms with E-state index < -0.39 is 0 Å². The lowest BCUT2D eigenvalue weighted by Crippen LogP contribution is -2.21. The molecule has 0 N–H and O–H groups in total. The van der Waals surface area contributed by atoms with Crippen molar-refractivity contribution >= 4 is 6.29 Å². The summed E-state index contributed by atoms with van der Waals surface area (Å²) >= 11 is 0. The molecule has 0 aromatic heterocycles. The highest BCUT2D eigenvalue weighted by Crippen LogP contribution is 2.28. The predicted molar refractivity (Wildman–Crippen MR) is 59.3 cm³/mol. The highest BCUT2D eigenvalue weighted by molar-refractivity contribution is 5.64. The first-order valence-electron chi connectivity index (χ1n) is 5.19. The van der Waals surface area contributed by atoms with Crippen LogP contribution in [0.2, 0.25) is 0 Å². The topological polar surface area (TPSA) is 26.3 Å². The minimum Gasteiger partial charge on any atom is -0.381 e.